The molecule has 6 aliphatic rings. The van der Waals surface area contributed by atoms with Crippen molar-refractivity contribution in [2.24, 2.45) is 28.6 Å². The van der Waals surface area contributed by atoms with Gasteiger partial charge in [0.15, 0.2) is 12.1 Å². The van der Waals surface area contributed by atoms with Crippen LogP contribution >= 0.6 is 22.6 Å². The van der Waals surface area contributed by atoms with E-state index in [0.717, 1.165) is 70.2 Å². The summed E-state index contributed by atoms with van der Waals surface area (Å²) in [4.78, 5) is 0. The monoisotopic (exact) mass is 706 g/mol. The summed E-state index contributed by atoms with van der Waals surface area (Å²) in [5.41, 5.74) is 1.64. The van der Waals surface area contributed by atoms with Gasteiger partial charge in [-0.15, -0.1) is 5.92 Å². The van der Waals surface area contributed by atoms with Gasteiger partial charge in [0.05, 0.1) is 13.2 Å². The van der Waals surface area contributed by atoms with Crippen LogP contribution in [0.4, 0.5) is 0 Å². The molecule has 4 nitrogen and oxygen atoms in total. The number of unbranched alkanes of at least 4 members (excludes halogenated alkanes) is 8. The summed E-state index contributed by atoms with van der Waals surface area (Å²) in [5, 5.41) is 0. The van der Waals surface area contributed by atoms with Crippen LogP contribution in [0.2, 0.25) is 0 Å². The Morgan fingerprint density at radius 2 is 1.58 bits per heavy atom. The van der Waals surface area contributed by atoms with Gasteiger partial charge in [0, 0.05) is 31.3 Å². The molecule has 0 N–H and O–H groups in total. The lowest BCUT2D eigenvalue weighted by atomic mass is 9.46. The minimum absolute atomic E-state index is 0.0835. The van der Waals surface area contributed by atoms with Crippen molar-refractivity contribution >= 4 is 22.6 Å². The molecule has 1 unspecified atom stereocenters. The molecule has 0 radical (unpaired) electrons. The molecular formula is C38H59IO4. The van der Waals surface area contributed by atoms with Crippen LogP contribution in [-0.2, 0) is 18.9 Å². The van der Waals surface area contributed by atoms with Crippen molar-refractivity contribution in [2.45, 2.75) is 160 Å². The number of ether oxygens (including phenoxy) is 4. The number of fused-ring (bicyclic) bond motifs is 5. The fraction of sp³-hybridized carbons (Fsp3) is 0.895. The van der Waals surface area contributed by atoms with Crippen LogP contribution in [0.3, 0.4) is 0 Å². The normalized spacial score (nSPS) is 39.8. The second kappa shape index (κ2) is 14.3. The largest absolute Gasteiger partial charge is 0.353 e. The first-order valence-corrected chi connectivity index (χ1v) is 19.8. The van der Waals surface area contributed by atoms with E-state index in [4.69, 9.17) is 18.9 Å². The van der Waals surface area contributed by atoms with Crippen molar-refractivity contribution in [3.63, 3.8) is 0 Å². The van der Waals surface area contributed by atoms with Crippen LogP contribution in [0.25, 0.3) is 0 Å². The highest BCUT2D eigenvalue weighted by molar-refractivity contribution is 14.1. The number of rotatable bonds is 11. The summed E-state index contributed by atoms with van der Waals surface area (Å²) >= 11 is 2.50. The van der Waals surface area contributed by atoms with E-state index in [-0.39, 0.29) is 28.5 Å². The van der Waals surface area contributed by atoms with E-state index >= 15 is 0 Å². The predicted octanol–water partition coefficient (Wildman–Crippen LogP) is 9.92. The molecule has 5 heteroatoms. The Morgan fingerprint density at radius 1 is 0.837 bits per heavy atom. The first-order valence-electron chi connectivity index (χ1n) is 18.3. The van der Waals surface area contributed by atoms with Crippen molar-refractivity contribution < 1.29 is 18.9 Å². The SMILES string of the molecule is C[C@]12CCC3(CC1=CC[C@@H]1[C@@H]2CC[C@@]2(C)[C@H]1CC[C@]2(C#CCCCCCCCCCCI)OC1CCCCO1)OCCO3. The highest BCUT2D eigenvalue weighted by Gasteiger charge is 2.65. The van der Waals surface area contributed by atoms with E-state index in [9.17, 15) is 0 Å². The maximum Gasteiger partial charge on any atom is 0.172 e. The van der Waals surface area contributed by atoms with Gasteiger partial charge in [0.1, 0.15) is 5.60 Å². The third-order valence-electron chi connectivity index (χ3n) is 13.0. The van der Waals surface area contributed by atoms with E-state index in [2.05, 4.69) is 54.4 Å². The smallest absolute Gasteiger partial charge is 0.172 e. The molecule has 0 aromatic rings. The third kappa shape index (κ3) is 6.67. The summed E-state index contributed by atoms with van der Waals surface area (Å²) in [6.45, 7) is 7.48. The van der Waals surface area contributed by atoms with Crippen molar-refractivity contribution in [1.29, 1.82) is 0 Å². The van der Waals surface area contributed by atoms with Gasteiger partial charge in [-0.2, -0.15) is 0 Å². The van der Waals surface area contributed by atoms with Crippen molar-refractivity contribution in [1.82, 2.24) is 0 Å². The highest BCUT2D eigenvalue weighted by atomic mass is 127. The number of alkyl halides is 1. The topological polar surface area (TPSA) is 36.9 Å². The maximum atomic E-state index is 7.13. The van der Waals surface area contributed by atoms with Crippen LogP contribution in [0, 0.1) is 40.4 Å². The van der Waals surface area contributed by atoms with Gasteiger partial charge >= 0.3 is 0 Å². The quantitative estimate of drug-likeness (QED) is 0.0705. The summed E-state index contributed by atoms with van der Waals surface area (Å²) in [5.74, 6) is 9.43. The molecule has 2 aliphatic heterocycles. The van der Waals surface area contributed by atoms with Gasteiger partial charge in [0.2, 0.25) is 0 Å². The molecule has 5 fully saturated rings. The second-order valence-electron chi connectivity index (χ2n) is 15.3. The molecule has 4 aliphatic carbocycles. The lowest BCUT2D eigenvalue weighted by Crippen LogP contribution is -2.56. The number of hydrogen-bond acceptors (Lipinski definition) is 4. The summed E-state index contributed by atoms with van der Waals surface area (Å²) < 4.78 is 27.0. The zero-order valence-corrected chi connectivity index (χ0v) is 29.5. The molecule has 0 aromatic heterocycles. The average Bonchev–Trinajstić information content (AvgIpc) is 3.59. The predicted molar refractivity (Wildman–Crippen MR) is 182 cm³/mol. The van der Waals surface area contributed by atoms with Crippen molar-refractivity contribution in [3.8, 4) is 11.8 Å². The molecule has 242 valence electrons. The molecule has 6 rings (SSSR count). The van der Waals surface area contributed by atoms with E-state index < -0.39 is 0 Å². The van der Waals surface area contributed by atoms with Crippen molar-refractivity contribution in [3.05, 3.63) is 11.6 Å². The average molecular weight is 707 g/mol. The number of hydrogen-bond donors (Lipinski definition) is 0. The fourth-order valence-corrected chi connectivity index (χ4v) is 10.9. The lowest BCUT2D eigenvalue weighted by Gasteiger charge is -2.59. The number of halogens is 1. The standard InChI is InChI=1S/C38H59IO4/c1-35-23-24-38(41-27-28-42-38)29-30(35)16-17-31-32(35)18-21-36(2)33(31)19-22-37(36,43-34-15-11-14-26-40-34)20-12-9-7-5-3-4-6-8-10-13-25-39/h16,31-34H,3-11,13-15,17-19,21-29H2,1-2H3/t31-,32+,33+,34?,35+,36+,37+/m1/s1. The molecule has 0 bridgehead atoms. The van der Waals surface area contributed by atoms with Gasteiger partial charge in [-0.05, 0) is 98.2 Å². The summed E-state index contributed by atoms with van der Waals surface area (Å²) in [6.07, 6.45) is 27.1. The van der Waals surface area contributed by atoms with Crippen LogP contribution in [-0.4, -0.2) is 41.9 Å². The molecule has 7 atom stereocenters. The highest BCUT2D eigenvalue weighted by Crippen LogP contribution is 2.68. The zero-order valence-electron chi connectivity index (χ0n) is 27.4. The Bertz CT molecular complexity index is 1020. The Kier molecular flexibility index (Phi) is 10.9. The first kappa shape index (κ1) is 32.8. The van der Waals surface area contributed by atoms with Crippen LogP contribution in [0.15, 0.2) is 11.6 Å². The van der Waals surface area contributed by atoms with E-state index in [0.29, 0.717) is 5.92 Å². The molecule has 2 heterocycles. The lowest BCUT2D eigenvalue weighted by molar-refractivity contribution is -0.242. The van der Waals surface area contributed by atoms with E-state index in [1.54, 1.807) is 5.57 Å². The Labute approximate surface area is 276 Å². The molecular weight excluding hydrogens is 647 g/mol. The maximum absolute atomic E-state index is 7.13. The molecule has 43 heavy (non-hydrogen) atoms. The van der Waals surface area contributed by atoms with Gasteiger partial charge in [0.25, 0.3) is 0 Å². The first-order chi connectivity index (χ1) is 20.9. The van der Waals surface area contributed by atoms with E-state index in [1.807, 2.05) is 0 Å². The van der Waals surface area contributed by atoms with Gasteiger partial charge in [-0.1, -0.05) is 92.5 Å². The van der Waals surface area contributed by atoms with E-state index in [1.165, 1.54) is 94.3 Å². The third-order valence-corrected chi connectivity index (χ3v) is 13.8. The van der Waals surface area contributed by atoms with Crippen LogP contribution in [0.1, 0.15) is 142 Å². The van der Waals surface area contributed by atoms with Gasteiger partial charge < -0.3 is 18.9 Å². The molecule has 3 saturated carbocycles. The second-order valence-corrected chi connectivity index (χ2v) is 16.4. The molecule has 2 saturated heterocycles. The fourth-order valence-electron chi connectivity index (χ4n) is 10.4. The Morgan fingerprint density at radius 3 is 2.33 bits per heavy atom. The number of allylic oxidation sites excluding steroid dienone is 1. The molecule has 1 spiro atoms. The Balaban J connectivity index is 1.13. The van der Waals surface area contributed by atoms with Crippen LogP contribution in [0.5, 0.6) is 0 Å². The van der Waals surface area contributed by atoms with Crippen molar-refractivity contribution in [2.75, 3.05) is 24.2 Å². The zero-order chi connectivity index (χ0) is 29.8. The molecule has 0 amide bonds. The summed E-state index contributed by atoms with van der Waals surface area (Å²) in [7, 11) is 0. The van der Waals surface area contributed by atoms with Gasteiger partial charge in [-0.25, -0.2) is 0 Å². The molecule has 0 aromatic carbocycles. The summed E-state index contributed by atoms with van der Waals surface area (Å²) in [6, 6.07) is 0. The Hall–Kier alpha value is -0.130. The minimum atomic E-state index is -0.365. The van der Waals surface area contributed by atoms with Gasteiger partial charge in [-0.3, -0.25) is 0 Å². The minimum Gasteiger partial charge on any atom is -0.353 e. The van der Waals surface area contributed by atoms with Crippen LogP contribution < -0.4 is 0 Å².